The predicted molar refractivity (Wildman–Crippen MR) is 85.1 cm³/mol. The van der Waals surface area contributed by atoms with Crippen LogP contribution in [0.2, 0.25) is 0 Å². The highest BCUT2D eigenvalue weighted by atomic mass is 19.1. The lowest BCUT2D eigenvalue weighted by molar-refractivity contribution is 0.202. The lowest BCUT2D eigenvalue weighted by Crippen LogP contribution is -2.55. The number of hydrogen-bond acceptors (Lipinski definition) is 3. The highest BCUT2D eigenvalue weighted by molar-refractivity contribution is 5.58. The molecule has 0 amide bonds. The van der Waals surface area contributed by atoms with E-state index in [-0.39, 0.29) is 11.9 Å². The van der Waals surface area contributed by atoms with Gasteiger partial charge in [0, 0.05) is 36.9 Å². The highest BCUT2D eigenvalue weighted by Crippen LogP contribution is 2.34. The summed E-state index contributed by atoms with van der Waals surface area (Å²) in [6, 6.07) is 4.55. The molecule has 3 unspecified atom stereocenters. The Morgan fingerprint density at radius 1 is 1.33 bits per heavy atom. The van der Waals surface area contributed by atoms with Crippen LogP contribution in [0.4, 0.5) is 10.1 Å². The quantitative estimate of drug-likeness (QED) is 0.909. The van der Waals surface area contributed by atoms with Gasteiger partial charge in [0.15, 0.2) is 0 Å². The molecule has 2 N–H and O–H groups in total. The molecule has 2 aliphatic rings. The minimum atomic E-state index is -0.154. The molecule has 0 aromatic heterocycles. The smallest absolute Gasteiger partial charge is 0.126 e. The summed E-state index contributed by atoms with van der Waals surface area (Å²) in [7, 11) is 0. The molecule has 0 aliphatic carbocycles. The first-order valence-electron chi connectivity index (χ1n) is 8.03. The van der Waals surface area contributed by atoms with Gasteiger partial charge in [0.2, 0.25) is 0 Å². The maximum Gasteiger partial charge on any atom is 0.126 e. The van der Waals surface area contributed by atoms with Crippen molar-refractivity contribution in [3.05, 3.63) is 29.1 Å². The molecular formula is C17H26FN3. The molecule has 3 atom stereocenters. The number of hydrogen-bond donors (Lipinski definition) is 1. The van der Waals surface area contributed by atoms with Gasteiger partial charge in [-0.05, 0) is 63.4 Å². The van der Waals surface area contributed by atoms with Crippen LogP contribution in [0.3, 0.4) is 0 Å². The van der Waals surface area contributed by atoms with E-state index >= 15 is 0 Å². The van der Waals surface area contributed by atoms with Gasteiger partial charge < -0.3 is 10.6 Å². The van der Waals surface area contributed by atoms with Gasteiger partial charge in [-0.2, -0.15) is 0 Å². The van der Waals surface area contributed by atoms with E-state index in [1.165, 1.54) is 19.4 Å². The summed E-state index contributed by atoms with van der Waals surface area (Å²) in [5, 5.41) is 0. The first-order chi connectivity index (χ1) is 9.97. The number of halogens is 1. The first kappa shape index (κ1) is 14.8. The molecule has 2 saturated heterocycles. The zero-order chi connectivity index (χ0) is 15.1. The summed E-state index contributed by atoms with van der Waals surface area (Å²) in [6.45, 7) is 9.39. The molecule has 3 nitrogen and oxygen atoms in total. The van der Waals surface area contributed by atoms with Crippen molar-refractivity contribution in [2.24, 2.45) is 5.73 Å². The second-order valence-electron chi connectivity index (χ2n) is 6.74. The Labute approximate surface area is 126 Å². The van der Waals surface area contributed by atoms with Gasteiger partial charge in [-0.15, -0.1) is 0 Å². The van der Waals surface area contributed by atoms with E-state index in [2.05, 4.69) is 16.7 Å². The standard InChI is InChI=1S/C17H26FN3/c1-11-7-17(15(13(3)19)8-16(11)18)21-10-14-5-4-6-20(14)9-12(21)2/h7-8,12-14H,4-6,9-10,19H2,1-3H3. The zero-order valence-corrected chi connectivity index (χ0v) is 13.3. The van der Waals surface area contributed by atoms with E-state index in [4.69, 9.17) is 5.73 Å². The fourth-order valence-electron chi connectivity index (χ4n) is 3.82. The number of nitrogens with two attached hydrogens (primary N) is 1. The number of piperazine rings is 1. The Kier molecular flexibility index (Phi) is 3.93. The van der Waals surface area contributed by atoms with Gasteiger partial charge in [-0.1, -0.05) is 0 Å². The summed E-state index contributed by atoms with van der Waals surface area (Å²) >= 11 is 0. The molecule has 1 aromatic rings. The number of aryl methyl sites for hydroxylation is 1. The Hall–Kier alpha value is -1.13. The molecule has 0 radical (unpaired) electrons. The minimum Gasteiger partial charge on any atom is -0.366 e. The molecule has 2 aliphatic heterocycles. The van der Waals surface area contributed by atoms with Gasteiger partial charge in [0.05, 0.1) is 0 Å². The van der Waals surface area contributed by atoms with Crippen LogP contribution in [0.25, 0.3) is 0 Å². The topological polar surface area (TPSA) is 32.5 Å². The van der Waals surface area contributed by atoms with Gasteiger partial charge in [-0.25, -0.2) is 4.39 Å². The average molecular weight is 291 g/mol. The van der Waals surface area contributed by atoms with E-state index < -0.39 is 0 Å². The van der Waals surface area contributed by atoms with E-state index in [0.717, 1.165) is 24.3 Å². The summed E-state index contributed by atoms with van der Waals surface area (Å²) in [4.78, 5) is 5.04. The largest absolute Gasteiger partial charge is 0.366 e. The second kappa shape index (κ2) is 5.58. The van der Waals surface area contributed by atoms with Crippen LogP contribution >= 0.6 is 0 Å². The molecule has 1 aromatic carbocycles. The third kappa shape index (κ3) is 2.67. The van der Waals surface area contributed by atoms with Crippen molar-refractivity contribution in [2.45, 2.75) is 51.7 Å². The van der Waals surface area contributed by atoms with Crippen LogP contribution < -0.4 is 10.6 Å². The van der Waals surface area contributed by atoms with E-state index in [1.54, 1.807) is 6.07 Å². The fraction of sp³-hybridized carbons (Fsp3) is 0.647. The normalized spacial score (nSPS) is 27.8. The Morgan fingerprint density at radius 2 is 2.10 bits per heavy atom. The van der Waals surface area contributed by atoms with E-state index in [9.17, 15) is 4.39 Å². The number of nitrogens with zero attached hydrogens (tertiary/aromatic N) is 2. The number of fused-ring (bicyclic) bond motifs is 1. The van der Waals surface area contributed by atoms with E-state index in [0.29, 0.717) is 17.6 Å². The summed E-state index contributed by atoms with van der Waals surface area (Å²) < 4.78 is 13.9. The van der Waals surface area contributed by atoms with Crippen molar-refractivity contribution < 1.29 is 4.39 Å². The Morgan fingerprint density at radius 3 is 2.81 bits per heavy atom. The predicted octanol–water partition coefficient (Wildman–Crippen LogP) is 2.83. The average Bonchev–Trinajstić information content (AvgIpc) is 2.87. The molecule has 116 valence electrons. The fourth-order valence-corrected chi connectivity index (χ4v) is 3.82. The monoisotopic (exact) mass is 291 g/mol. The summed E-state index contributed by atoms with van der Waals surface area (Å²) in [5.74, 6) is -0.154. The third-order valence-corrected chi connectivity index (χ3v) is 5.05. The summed E-state index contributed by atoms with van der Waals surface area (Å²) in [6.07, 6.45) is 2.57. The molecule has 0 spiro atoms. The van der Waals surface area contributed by atoms with Crippen LogP contribution in [0.1, 0.15) is 43.9 Å². The van der Waals surface area contributed by atoms with Crippen molar-refractivity contribution in [1.82, 2.24) is 4.90 Å². The first-order valence-corrected chi connectivity index (χ1v) is 8.03. The third-order valence-electron chi connectivity index (χ3n) is 5.05. The number of rotatable bonds is 2. The SMILES string of the molecule is Cc1cc(N2CC3CCCN3CC2C)c(C(C)N)cc1F. The van der Waals surface area contributed by atoms with Crippen molar-refractivity contribution in [1.29, 1.82) is 0 Å². The van der Waals surface area contributed by atoms with Crippen molar-refractivity contribution in [2.75, 3.05) is 24.5 Å². The molecule has 2 fully saturated rings. The van der Waals surface area contributed by atoms with Gasteiger partial charge in [-0.3, -0.25) is 4.90 Å². The minimum absolute atomic E-state index is 0.149. The summed E-state index contributed by atoms with van der Waals surface area (Å²) in [5.41, 5.74) is 8.85. The van der Waals surface area contributed by atoms with Gasteiger partial charge in [0.25, 0.3) is 0 Å². The molecule has 0 saturated carbocycles. The number of benzene rings is 1. The van der Waals surface area contributed by atoms with Crippen LogP contribution in [0, 0.1) is 12.7 Å². The van der Waals surface area contributed by atoms with Gasteiger partial charge in [0.1, 0.15) is 5.82 Å². The van der Waals surface area contributed by atoms with Crippen molar-refractivity contribution in [3.8, 4) is 0 Å². The molecule has 2 heterocycles. The van der Waals surface area contributed by atoms with Crippen LogP contribution in [-0.2, 0) is 0 Å². The van der Waals surface area contributed by atoms with Crippen LogP contribution in [-0.4, -0.2) is 36.6 Å². The maximum absolute atomic E-state index is 13.9. The zero-order valence-electron chi connectivity index (χ0n) is 13.3. The molecule has 0 bridgehead atoms. The van der Waals surface area contributed by atoms with E-state index in [1.807, 2.05) is 19.9 Å². The molecule has 21 heavy (non-hydrogen) atoms. The van der Waals surface area contributed by atoms with Gasteiger partial charge >= 0.3 is 0 Å². The Bertz CT molecular complexity index is 529. The number of anilines is 1. The van der Waals surface area contributed by atoms with Crippen LogP contribution in [0.15, 0.2) is 12.1 Å². The maximum atomic E-state index is 13.9. The lowest BCUT2D eigenvalue weighted by Gasteiger charge is -2.44. The lowest BCUT2D eigenvalue weighted by atomic mass is 9.99. The van der Waals surface area contributed by atoms with Crippen molar-refractivity contribution in [3.63, 3.8) is 0 Å². The Balaban J connectivity index is 1.97. The second-order valence-corrected chi connectivity index (χ2v) is 6.74. The molecule has 3 rings (SSSR count). The van der Waals surface area contributed by atoms with Crippen molar-refractivity contribution >= 4 is 5.69 Å². The molecular weight excluding hydrogens is 265 g/mol. The highest BCUT2D eigenvalue weighted by Gasteiger charge is 2.35. The molecule has 4 heteroatoms. The van der Waals surface area contributed by atoms with Crippen LogP contribution in [0.5, 0.6) is 0 Å².